The first-order valence-electron chi connectivity index (χ1n) is 13.4. The molecule has 4 rings (SSSR count). The first-order chi connectivity index (χ1) is 18.9. The van der Waals surface area contributed by atoms with Gasteiger partial charge >= 0.3 is 5.92 Å². The summed E-state index contributed by atoms with van der Waals surface area (Å²) in [6.07, 6.45) is 1.95. The number of likely N-dealkylation sites (tertiary alicyclic amines) is 1. The number of ether oxygens (including phenoxy) is 1. The first kappa shape index (κ1) is 29.6. The minimum absolute atomic E-state index is 0.00987. The number of hydrogen-bond donors (Lipinski definition) is 1. The van der Waals surface area contributed by atoms with E-state index in [1.165, 1.54) is 41.3 Å². The Hall–Kier alpha value is -3.33. The van der Waals surface area contributed by atoms with Crippen LogP contribution in [0.4, 0.5) is 8.78 Å². The number of nitrogens with zero attached hydrogens (tertiary/aromatic N) is 1. The fraction of sp³-hybridized carbons (Fsp3) is 0.387. The van der Waals surface area contributed by atoms with E-state index < -0.39 is 35.1 Å². The lowest BCUT2D eigenvalue weighted by atomic mass is 9.98. The molecule has 212 valence electrons. The molecule has 3 unspecified atom stereocenters. The standard InChI is InChI=1S/C31H33BrF2N2O4/c1-5-25-14-6-19(4)36(25)30(39)28(31(33,34)23-10-12-24(32)13-11-23)35-29(38)27(37)22-8-7-21-17-26(40-18(2)3)15-9-20(21)16-22/h7-13,15-19,25,28H,5-6,14H2,1-4H3,(H,35,38). The Bertz CT molecular complexity index is 1410. The maximum atomic E-state index is 16.0. The summed E-state index contributed by atoms with van der Waals surface area (Å²) in [6.45, 7) is 7.53. The first-order valence-corrected chi connectivity index (χ1v) is 14.2. The van der Waals surface area contributed by atoms with Crippen LogP contribution in [0.2, 0.25) is 0 Å². The van der Waals surface area contributed by atoms with Gasteiger partial charge in [0, 0.05) is 27.7 Å². The SMILES string of the molecule is CCC1CCC(C)N1C(=O)C(NC(=O)C(=O)c1ccc2cc(OC(C)C)ccc2c1)C(F)(F)c1ccc(Br)cc1. The van der Waals surface area contributed by atoms with Crippen molar-refractivity contribution < 1.29 is 27.9 Å². The average Bonchev–Trinajstić information content (AvgIpc) is 3.30. The molecule has 2 amide bonds. The van der Waals surface area contributed by atoms with Crippen LogP contribution in [0.15, 0.2) is 65.1 Å². The monoisotopic (exact) mass is 614 g/mol. The molecule has 1 fully saturated rings. The lowest BCUT2D eigenvalue weighted by Crippen LogP contribution is -2.59. The van der Waals surface area contributed by atoms with Gasteiger partial charge in [0.05, 0.1) is 6.10 Å². The molecule has 0 radical (unpaired) electrons. The van der Waals surface area contributed by atoms with Gasteiger partial charge in [0.15, 0.2) is 6.04 Å². The van der Waals surface area contributed by atoms with Gasteiger partial charge in [-0.15, -0.1) is 0 Å². The molecular weight excluding hydrogens is 582 g/mol. The van der Waals surface area contributed by atoms with Crippen molar-refractivity contribution in [3.05, 3.63) is 76.3 Å². The molecule has 0 aliphatic carbocycles. The molecule has 1 aliphatic rings. The summed E-state index contributed by atoms with van der Waals surface area (Å²) in [5, 5.41) is 3.60. The van der Waals surface area contributed by atoms with Crippen molar-refractivity contribution in [1.29, 1.82) is 0 Å². The van der Waals surface area contributed by atoms with Crippen molar-refractivity contribution in [3.63, 3.8) is 0 Å². The van der Waals surface area contributed by atoms with Gasteiger partial charge in [0.25, 0.3) is 11.8 Å². The fourth-order valence-electron chi connectivity index (χ4n) is 5.20. The molecule has 1 heterocycles. The Labute approximate surface area is 241 Å². The number of carbonyl (C=O) groups is 3. The smallest absolute Gasteiger partial charge is 0.302 e. The third-order valence-electron chi connectivity index (χ3n) is 7.28. The Balaban J connectivity index is 1.64. The topological polar surface area (TPSA) is 75.7 Å². The summed E-state index contributed by atoms with van der Waals surface area (Å²) in [5.41, 5.74) is -0.409. The Morgan fingerprint density at radius 2 is 1.68 bits per heavy atom. The summed E-state index contributed by atoms with van der Waals surface area (Å²) < 4.78 is 38.2. The quantitative estimate of drug-likeness (QED) is 0.217. The minimum atomic E-state index is -3.77. The predicted molar refractivity (Wildman–Crippen MR) is 154 cm³/mol. The van der Waals surface area contributed by atoms with E-state index in [2.05, 4.69) is 21.2 Å². The molecule has 6 nitrogen and oxygen atoms in total. The summed E-state index contributed by atoms with van der Waals surface area (Å²) >= 11 is 3.23. The molecule has 0 spiro atoms. The number of alkyl halides is 2. The number of halogens is 3. The van der Waals surface area contributed by atoms with Crippen molar-refractivity contribution in [2.24, 2.45) is 0 Å². The number of nitrogens with one attached hydrogen (secondary N) is 1. The number of Topliss-reactive ketones (excluding diaryl/α,β-unsaturated/α-hetero) is 1. The second-order valence-electron chi connectivity index (χ2n) is 10.5. The summed E-state index contributed by atoms with van der Waals surface area (Å²) in [5.74, 6) is -6.28. The van der Waals surface area contributed by atoms with Crippen LogP contribution in [-0.2, 0) is 15.5 Å². The minimum Gasteiger partial charge on any atom is -0.491 e. The van der Waals surface area contributed by atoms with Crippen molar-refractivity contribution in [3.8, 4) is 5.75 Å². The number of benzene rings is 3. The number of rotatable bonds is 9. The maximum Gasteiger partial charge on any atom is 0.302 e. The number of carbonyl (C=O) groups excluding carboxylic acids is 3. The van der Waals surface area contributed by atoms with E-state index in [1.807, 2.05) is 33.8 Å². The Morgan fingerprint density at radius 1 is 1.02 bits per heavy atom. The molecular formula is C31H33BrF2N2O4. The molecule has 3 aromatic carbocycles. The highest BCUT2D eigenvalue weighted by Crippen LogP contribution is 2.36. The van der Waals surface area contributed by atoms with Crippen molar-refractivity contribution in [2.75, 3.05) is 0 Å². The van der Waals surface area contributed by atoms with E-state index in [9.17, 15) is 14.4 Å². The second-order valence-corrected chi connectivity index (χ2v) is 11.4. The van der Waals surface area contributed by atoms with Crippen LogP contribution in [0.5, 0.6) is 5.75 Å². The summed E-state index contributed by atoms with van der Waals surface area (Å²) in [7, 11) is 0. The van der Waals surface area contributed by atoms with E-state index in [-0.39, 0.29) is 23.8 Å². The van der Waals surface area contributed by atoms with E-state index in [1.54, 1.807) is 18.2 Å². The number of fused-ring (bicyclic) bond motifs is 1. The molecule has 1 N–H and O–H groups in total. The molecule has 3 aromatic rings. The van der Waals surface area contributed by atoms with Crippen LogP contribution >= 0.6 is 15.9 Å². The highest BCUT2D eigenvalue weighted by Gasteiger charge is 2.51. The van der Waals surface area contributed by atoms with E-state index in [0.717, 1.165) is 5.39 Å². The van der Waals surface area contributed by atoms with Gasteiger partial charge < -0.3 is 15.0 Å². The van der Waals surface area contributed by atoms with Gasteiger partial charge in [-0.05, 0) is 81.1 Å². The molecule has 3 atom stereocenters. The summed E-state index contributed by atoms with van der Waals surface area (Å²) in [4.78, 5) is 41.4. The van der Waals surface area contributed by atoms with E-state index in [0.29, 0.717) is 34.9 Å². The van der Waals surface area contributed by atoms with Gasteiger partial charge in [-0.1, -0.05) is 53.2 Å². The van der Waals surface area contributed by atoms with Gasteiger partial charge in [0.1, 0.15) is 5.75 Å². The molecule has 9 heteroatoms. The zero-order valence-electron chi connectivity index (χ0n) is 22.9. The normalized spacial score (nSPS) is 18.1. The van der Waals surface area contributed by atoms with E-state index >= 15 is 8.78 Å². The molecule has 40 heavy (non-hydrogen) atoms. The number of ketones is 1. The van der Waals surface area contributed by atoms with Gasteiger partial charge in [0.2, 0.25) is 5.78 Å². The van der Waals surface area contributed by atoms with Crippen LogP contribution < -0.4 is 10.1 Å². The zero-order chi connectivity index (χ0) is 29.2. The largest absolute Gasteiger partial charge is 0.491 e. The summed E-state index contributed by atoms with van der Waals surface area (Å²) in [6, 6.07) is 12.5. The fourth-order valence-corrected chi connectivity index (χ4v) is 5.47. The Kier molecular flexibility index (Phi) is 8.93. The van der Waals surface area contributed by atoms with Crippen LogP contribution in [-0.4, -0.2) is 46.7 Å². The number of hydrogen-bond acceptors (Lipinski definition) is 4. The van der Waals surface area contributed by atoms with Gasteiger partial charge in [-0.3, -0.25) is 14.4 Å². The third kappa shape index (κ3) is 6.19. The second kappa shape index (κ2) is 12.0. The van der Waals surface area contributed by atoms with Crippen LogP contribution in [0.3, 0.4) is 0 Å². The Morgan fingerprint density at radius 3 is 2.33 bits per heavy atom. The maximum absolute atomic E-state index is 16.0. The average molecular weight is 616 g/mol. The lowest BCUT2D eigenvalue weighted by molar-refractivity contribution is -0.151. The van der Waals surface area contributed by atoms with Gasteiger partial charge in [-0.2, -0.15) is 8.78 Å². The third-order valence-corrected chi connectivity index (χ3v) is 7.81. The molecule has 0 saturated carbocycles. The highest BCUT2D eigenvalue weighted by atomic mass is 79.9. The molecule has 1 aliphatic heterocycles. The van der Waals surface area contributed by atoms with Crippen molar-refractivity contribution in [2.45, 2.75) is 77.1 Å². The highest BCUT2D eigenvalue weighted by molar-refractivity contribution is 9.10. The molecule has 0 aromatic heterocycles. The van der Waals surface area contributed by atoms with Gasteiger partial charge in [-0.25, -0.2) is 0 Å². The van der Waals surface area contributed by atoms with Crippen LogP contribution in [0, 0.1) is 0 Å². The van der Waals surface area contributed by atoms with Crippen molar-refractivity contribution in [1.82, 2.24) is 10.2 Å². The van der Waals surface area contributed by atoms with E-state index in [4.69, 9.17) is 4.74 Å². The predicted octanol–water partition coefficient (Wildman–Crippen LogP) is 6.64. The lowest BCUT2D eigenvalue weighted by Gasteiger charge is -2.35. The van der Waals surface area contributed by atoms with Crippen molar-refractivity contribution >= 4 is 44.3 Å². The van der Waals surface area contributed by atoms with Crippen LogP contribution in [0.1, 0.15) is 62.9 Å². The molecule has 1 saturated heterocycles. The zero-order valence-corrected chi connectivity index (χ0v) is 24.5. The molecule has 0 bridgehead atoms. The number of amides is 2. The van der Waals surface area contributed by atoms with Crippen LogP contribution in [0.25, 0.3) is 10.8 Å².